The van der Waals surface area contributed by atoms with E-state index < -0.39 is 97.5 Å². The molecule has 0 bridgehead atoms. The van der Waals surface area contributed by atoms with Crippen LogP contribution in [0.2, 0.25) is 0 Å². The third kappa shape index (κ3) is 62.2. The normalized spacial score (nSPS) is 14.9. The van der Waals surface area contributed by atoms with Gasteiger partial charge in [-0.15, -0.1) is 0 Å². The van der Waals surface area contributed by atoms with Crippen LogP contribution in [0, 0.1) is 23.7 Å². The summed E-state index contributed by atoms with van der Waals surface area (Å²) in [4.78, 5) is 72.6. The van der Waals surface area contributed by atoms with Gasteiger partial charge < -0.3 is 33.8 Å². The second-order valence-corrected chi connectivity index (χ2v) is 30.0. The van der Waals surface area contributed by atoms with Crippen LogP contribution in [0.1, 0.15) is 351 Å². The quantitative estimate of drug-likeness (QED) is 0.0222. The maximum Gasteiger partial charge on any atom is 0.472 e. The number of phosphoric ester groups is 2. The van der Waals surface area contributed by atoms with Crippen molar-refractivity contribution in [3.8, 4) is 0 Å². The summed E-state index contributed by atoms with van der Waals surface area (Å²) < 4.78 is 68.3. The zero-order valence-electron chi connectivity index (χ0n) is 58.8. The number of aliphatic hydroxyl groups is 1. The van der Waals surface area contributed by atoms with Crippen LogP contribution in [0.3, 0.4) is 0 Å². The highest BCUT2D eigenvalue weighted by Crippen LogP contribution is 2.45. The molecular formula is C71H138O17P2. The minimum absolute atomic E-state index is 0.104. The molecule has 0 aromatic rings. The Kier molecular flexibility index (Phi) is 59.4. The number of esters is 4. The van der Waals surface area contributed by atoms with Gasteiger partial charge in [0.2, 0.25) is 0 Å². The number of aliphatic hydroxyl groups excluding tert-OH is 1. The lowest BCUT2D eigenvalue weighted by molar-refractivity contribution is -0.161. The number of carbonyl (C=O) groups is 4. The Morgan fingerprint density at radius 2 is 0.533 bits per heavy atom. The Hall–Kier alpha value is -1.94. The molecule has 3 N–H and O–H groups in total. The fourth-order valence-electron chi connectivity index (χ4n) is 10.6. The number of unbranched alkanes of at least 4 members (excludes halogenated alkanes) is 32. The Balaban J connectivity index is 5.26. The van der Waals surface area contributed by atoms with E-state index in [1.807, 2.05) is 0 Å². The van der Waals surface area contributed by atoms with E-state index in [1.165, 1.54) is 148 Å². The summed E-state index contributed by atoms with van der Waals surface area (Å²) in [5, 5.41) is 10.6. The van der Waals surface area contributed by atoms with Crippen molar-refractivity contribution < 1.29 is 80.2 Å². The van der Waals surface area contributed by atoms with Crippen molar-refractivity contribution in [3.05, 3.63) is 0 Å². The van der Waals surface area contributed by atoms with Gasteiger partial charge in [0, 0.05) is 25.7 Å². The van der Waals surface area contributed by atoms with Gasteiger partial charge in [0.25, 0.3) is 0 Å². The summed E-state index contributed by atoms with van der Waals surface area (Å²) in [7, 11) is -9.90. The number of ether oxygens (including phenoxy) is 4. The molecule has 90 heavy (non-hydrogen) atoms. The van der Waals surface area contributed by atoms with Crippen molar-refractivity contribution in [2.45, 2.75) is 369 Å². The van der Waals surface area contributed by atoms with Crippen molar-refractivity contribution >= 4 is 39.5 Å². The van der Waals surface area contributed by atoms with Gasteiger partial charge in [0.15, 0.2) is 12.2 Å². The molecule has 0 aliphatic rings. The van der Waals surface area contributed by atoms with Crippen LogP contribution in [0.15, 0.2) is 0 Å². The van der Waals surface area contributed by atoms with Crippen LogP contribution in [0.4, 0.5) is 0 Å². The van der Waals surface area contributed by atoms with E-state index in [0.29, 0.717) is 25.7 Å². The number of carbonyl (C=O) groups excluding carboxylic acids is 4. The molecule has 0 fully saturated rings. The summed E-state index contributed by atoms with van der Waals surface area (Å²) in [6.45, 7) is 14.1. The number of hydrogen-bond donors (Lipinski definition) is 3. The van der Waals surface area contributed by atoms with E-state index in [-0.39, 0.29) is 25.7 Å². The van der Waals surface area contributed by atoms with Crippen molar-refractivity contribution in [2.75, 3.05) is 39.6 Å². The molecule has 0 aromatic heterocycles. The van der Waals surface area contributed by atoms with Gasteiger partial charge in [0.1, 0.15) is 19.3 Å². The van der Waals surface area contributed by atoms with Gasteiger partial charge >= 0.3 is 39.5 Å². The van der Waals surface area contributed by atoms with E-state index in [2.05, 4.69) is 55.4 Å². The highest BCUT2D eigenvalue weighted by molar-refractivity contribution is 7.47. The standard InChI is InChI=1S/C71H138O17P2/c1-9-63(7)49-41-33-25-21-22-26-35-43-51-68(73)81-57-66(87-70(75)53-45-37-27-19-15-13-11-12-14-17-23-31-39-47-61(3)4)59-85-89(77,78)83-55-65(72)56-84-90(79,80)86-60-67(58-82-69(74)52-44-36-30-29-34-42-50-64(8)10-2)88-71(76)54-46-38-28-20-16-18-24-32-40-48-62(5)6/h61-67,72H,9-60H2,1-8H3,(H,77,78)(H,79,80)/t63?,64?,65-,66-,67-/m1/s1. The first-order chi connectivity index (χ1) is 43.2. The van der Waals surface area contributed by atoms with Crippen molar-refractivity contribution in [1.82, 2.24) is 0 Å². The smallest absolute Gasteiger partial charge is 0.462 e. The average Bonchev–Trinajstić information content (AvgIpc) is 3.14. The van der Waals surface area contributed by atoms with Crippen LogP contribution in [0.25, 0.3) is 0 Å². The van der Waals surface area contributed by atoms with Gasteiger partial charge in [-0.25, -0.2) is 9.13 Å². The molecule has 0 aliphatic heterocycles. The van der Waals surface area contributed by atoms with Gasteiger partial charge in [-0.05, 0) is 49.4 Å². The lowest BCUT2D eigenvalue weighted by Gasteiger charge is -2.21. The second-order valence-electron chi connectivity index (χ2n) is 27.1. The number of rotatable bonds is 68. The molecule has 0 amide bonds. The zero-order chi connectivity index (χ0) is 66.8. The first-order valence-corrected chi connectivity index (χ1v) is 39.8. The SMILES string of the molecule is CCC(C)CCCCCCCCCCC(=O)OC[C@H](COP(=O)(O)OC[C@@H](O)COP(=O)(O)OC[C@@H](COC(=O)CCCCCCCCC(C)CC)OC(=O)CCCCCCCCCCCC(C)C)OC(=O)CCCCCCCCCCCCCCCC(C)C. The molecule has 4 unspecified atom stereocenters. The largest absolute Gasteiger partial charge is 0.472 e. The highest BCUT2D eigenvalue weighted by atomic mass is 31.2. The van der Waals surface area contributed by atoms with E-state index >= 15 is 0 Å². The van der Waals surface area contributed by atoms with Crippen LogP contribution < -0.4 is 0 Å². The zero-order valence-corrected chi connectivity index (χ0v) is 60.6. The minimum Gasteiger partial charge on any atom is -0.462 e. The Bertz CT molecular complexity index is 1790. The third-order valence-electron chi connectivity index (χ3n) is 17.0. The second kappa shape index (κ2) is 60.7. The maximum atomic E-state index is 13.0. The molecule has 19 heteroatoms. The lowest BCUT2D eigenvalue weighted by Crippen LogP contribution is -2.30. The van der Waals surface area contributed by atoms with E-state index in [9.17, 15) is 43.2 Å². The Morgan fingerprint density at radius 3 is 0.789 bits per heavy atom. The molecule has 0 saturated carbocycles. The van der Waals surface area contributed by atoms with Crippen LogP contribution >= 0.6 is 15.6 Å². The van der Waals surface area contributed by atoms with Gasteiger partial charge in [-0.3, -0.25) is 37.3 Å². The number of phosphoric acid groups is 2. The maximum absolute atomic E-state index is 13.0. The van der Waals surface area contributed by atoms with Crippen molar-refractivity contribution in [3.63, 3.8) is 0 Å². The van der Waals surface area contributed by atoms with Crippen LogP contribution in [-0.4, -0.2) is 96.7 Å². The van der Waals surface area contributed by atoms with Gasteiger partial charge in [-0.2, -0.15) is 0 Å². The molecule has 534 valence electrons. The predicted molar refractivity (Wildman–Crippen MR) is 363 cm³/mol. The summed E-state index contributed by atoms with van der Waals surface area (Å²) in [6.07, 6.45) is 43.0. The molecule has 0 aliphatic carbocycles. The minimum atomic E-state index is -4.95. The van der Waals surface area contributed by atoms with Crippen molar-refractivity contribution in [1.29, 1.82) is 0 Å². The first kappa shape index (κ1) is 88.1. The van der Waals surface area contributed by atoms with E-state index in [1.54, 1.807) is 0 Å². The monoisotopic (exact) mass is 1320 g/mol. The molecule has 0 saturated heterocycles. The Morgan fingerprint density at radius 1 is 0.311 bits per heavy atom. The van der Waals surface area contributed by atoms with Crippen LogP contribution in [0.5, 0.6) is 0 Å². The third-order valence-corrected chi connectivity index (χ3v) is 18.9. The summed E-state index contributed by atoms with van der Waals surface area (Å²) in [6, 6.07) is 0. The summed E-state index contributed by atoms with van der Waals surface area (Å²) >= 11 is 0. The molecule has 0 aromatic carbocycles. The molecule has 0 spiro atoms. The average molecular weight is 1330 g/mol. The van der Waals surface area contributed by atoms with Crippen LogP contribution in [-0.2, 0) is 65.4 Å². The molecular weight excluding hydrogens is 1190 g/mol. The van der Waals surface area contributed by atoms with E-state index in [4.69, 9.17) is 37.0 Å². The lowest BCUT2D eigenvalue weighted by atomic mass is 9.99. The van der Waals surface area contributed by atoms with Gasteiger partial charge in [-0.1, -0.05) is 299 Å². The molecule has 0 radical (unpaired) electrons. The van der Waals surface area contributed by atoms with Crippen molar-refractivity contribution in [2.24, 2.45) is 23.7 Å². The fraction of sp³-hybridized carbons (Fsp3) is 0.944. The molecule has 0 heterocycles. The topological polar surface area (TPSA) is 237 Å². The molecule has 7 atom stereocenters. The summed E-state index contributed by atoms with van der Waals surface area (Å²) in [5.41, 5.74) is 0. The highest BCUT2D eigenvalue weighted by Gasteiger charge is 2.30. The summed E-state index contributed by atoms with van der Waals surface area (Å²) in [5.74, 6) is 0.902. The molecule has 0 rings (SSSR count). The first-order valence-electron chi connectivity index (χ1n) is 36.8. The van der Waals surface area contributed by atoms with E-state index in [0.717, 1.165) is 120 Å². The van der Waals surface area contributed by atoms with Gasteiger partial charge in [0.05, 0.1) is 26.4 Å². The number of hydrogen-bond acceptors (Lipinski definition) is 15. The predicted octanol–water partition coefficient (Wildman–Crippen LogP) is 20.1. The Labute approximate surface area is 549 Å². The molecule has 17 nitrogen and oxygen atoms in total. The fourth-order valence-corrected chi connectivity index (χ4v) is 12.2.